The number of benzene rings is 3. The van der Waals surface area contributed by atoms with Crippen LogP contribution in [-0.2, 0) is 14.2 Å². The van der Waals surface area contributed by atoms with Crippen LogP contribution in [-0.4, -0.2) is 29.1 Å². The van der Waals surface area contributed by atoms with Crippen LogP contribution in [0, 0.1) is 17.8 Å². The van der Waals surface area contributed by atoms with Crippen molar-refractivity contribution >= 4 is 36.0 Å². The van der Waals surface area contributed by atoms with Crippen LogP contribution in [0.3, 0.4) is 0 Å². The molecule has 3 N–H and O–H groups in total. The summed E-state index contributed by atoms with van der Waals surface area (Å²) in [6.45, 7) is 1.90. The third kappa shape index (κ3) is 4.02. The topological polar surface area (TPSA) is 99.1 Å². The summed E-state index contributed by atoms with van der Waals surface area (Å²) in [6, 6.07) is 23.9. The van der Waals surface area contributed by atoms with Gasteiger partial charge in [-0.2, -0.15) is 0 Å². The Balaban J connectivity index is 1.28. The summed E-state index contributed by atoms with van der Waals surface area (Å²) >= 11 is 0. The van der Waals surface area contributed by atoms with Gasteiger partial charge in [0.05, 0.1) is 23.6 Å². The van der Waals surface area contributed by atoms with E-state index in [-0.39, 0.29) is 23.5 Å². The Labute approximate surface area is 215 Å². The first-order chi connectivity index (χ1) is 17.9. The number of anilines is 3. The van der Waals surface area contributed by atoms with Gasteiger partial charge in [-0.3, -0.25) is 14.5 Å². The third-order valence-corrected chi connectivity index (χ3v) is 7.83. The number of fused-ring (bicyclic) bond motifs is 3. The summed E-state index contributed by atoms with van der Waals surface area (Å²) in [7, 11) is -1.19. The van der Waals surface area contributed by atoms with E-state index in [1.807, 2.05) is 49.4 Å². The average molecular weight is 494 g/mol. The van der Waals surface area contributed by atoms with Crippen molar-refractivity contribution < 1.29 is 24.4 Å². The Hall–Kier alpha value is -3.88. The standard InChI is InChI=1S/C29H27BN2O5/c1-17-15-23-26(22-16-25(37-30(36)27(17)22)21-9-5-6-10-24(21)33)29(35)32(28(23)34)20-13-11-19(12-14-20)31-18-7-3-2-4-8-18/h2-14,22-23,25-26,31,33,36H,15-16H2,1H3/t22-,23-,25-,26+/m0/s1. The first-order valence-corrected chi connectivity index (χ1v) is 12.5. The number of allylic oxidation sites excluding steroid dienone is 2. The lowest BCUT2D eigenvalue weighted by molar-refractivity contribution is -0.123. The molecule has 0 saturated carbocycles. The van der Waals surface area contributed by atoms with Gasteiger partial charge in [0.2, 0.25) is 11.8 Å². The second kappa shape index (κ2) is 9.21. The highest BCUT2D eigenvalue weighted by Crippen LogP contribution is 2.52. The van der Waals surface area contributed by atoms with Gasteiger partial charge in [-0.05, 0) is 73.6 Å². The minimum Gasteiger partial charge on any atom is -0.508 e. The molecule has 2 saturated heterocycles. The van der Waals surface area contributed by atoms with E-state index in [9.17, 15) is 19.7 Å². The fourth-order valence-corrected chi connectivity index (χ4v) is 6.15. The van der Waals surface area contributed by atoms with E-state index in [4.69, 9.17) is 4.65 Å². The Bertz CT molecular complexity index is 1390. The van der Waals surface area contributed by atoms with Crippen molar-refractivity contribution in [2.45, 2.75) is 25.9 Å². The highest BCUT2D eigenvalue weighted by atomic mass is 16.5. The van der Waals surface area contributed by atoms with Crippen LogP contribution in [0.2, 0.25) is 0 Å². The zero-order chi connectivity index (χ0) is 25.7. The quantitative estimate of drug-likeness (QED) is 0.358. The molecule has 0 aromatic heterocycles. The molecule has 37 heavy (non-hydrogen) atoms. The maximum atomic E-state index is 13.8. The van der Waals surface area contributed by atoms with Crippen molar-refractivity contribution in [2.24, 2.45) is 17.8 Å². The monoisotopic (exact) mass is 494 g/mol. The summed E-state index contributed by atoms with van der Waals surface area (Å²) in [5, 5.41) is 24.6. The Morgan fingerprint density at radius 2 is 1.57 bits per heavy atom. The first-order valence-electron chi connectivity index (χ1n) is 12.5. The van der Waals surface area contributed by atoms with Crippen molar-refractivity contribution in [2.75, 3.05) is 10.2 Å². The van der Waals surface area contributed by atoms with E-state index in [2.05, 4.69) is 5.32 Å². The van der Waals surface area contributed by atoms with Gasteiger partial charge in [-0.25, -0.2) is 0 Å². The van der Waals surface area contributed by atoms with Crippen LogP contribution < -0.4 is 10.2 Å². The molecule has 1 aliphatic carbocycles. The molecule has 8 heteroatoms. The number of nitrogens with zero attached hydrogens (tertiary/aromatic N) is 1. The number of aromatic hydroxyl groups is 1. The Morgan fingerprint density at radius 1 is 0.892 bits per heavy atom. The van der Waals surface area contributed by atoms with Gasteiger partial charge in [0, 0.05) is 16.9 Å². The van der Waals surface area contributed by atoms with E-state index in [0.717, 1.165) is 16.9 Å². The lowest BCUT2D eigenvalue weighted by Gasteiger charge is -2.41. The molecular weight excluding hydrogens is 467 g/mol. The lowest BCUT2D eigenvalue weighted by atomic mass is 9.55. The zero-order valence-electron chi connectivity index (χ0n) is 20.4. The van der Waals surface area contributed by atoms with E-state index in [1.165, 1.54) is 4.90 Å². The summed E-state index contributed by atoms with van der Waals surface area (Å²) in [6.07, 6.45) is 0.221. The molecule has 2 amide bonds. The van der Waals surface area contributed by atoms with E-state index in [1.54, 1.807) is 36.4 Å². The van der Waals surface area contributed by atoms with E-state index < -0.39 is 25.1 Å². The average Bonchev–Trinajstić information content (AvgIpc) is 3.14. The summed E-state index contributed by atoms with van der Waals surface area (Å²) in [5.41, 5.74) is 4.48. The highest BCUT2D eigenvalue weighted by molar-refractivity contribution is 6.53. The van der Waals surface area contributed by atoms with Gasteiger partial charge in [-0.1, -0.05) is 42.0 Å². The maximum absolute atomic E-state index is 13.8. The molecule has 2 aliphatic heterocycles. The molecule has 0 radical (unpaired) electrons. The fourth-order valence-electron chi connectivity index (χ4n) is 6.15. The van der Waals surface area contributed by atoms with Gasteiger partial charge in [0.15, 0.2) is 0 Å². The second-order valence-electron chi connectivity index (χ2n) is 10.00. The maximum Gasteiger partial charge on any atom is 0.487 e. The van der Waals surface area contributed by atoms with Crippen LogP contribution in [0.4, 0.5) is 17.1 Å². The summed E-state index contributed by atoms with van der Waals surface area (Å²) in [4.78, 5) is 28.7. The number of rotatable bonds is 4. The molecule has 3 aliphatic rings. The number of amides is 2. The third-order valence-electron chi connectivity index (χ3n) is 7.83. The number of phenolic OH excluding ortho intramolecular Hbond substituents is 1. The lowest BCUT2D eigenvalue weighted by Crippen LogP contribution is -2.44. The molecule has 7 nitrogen and oxygen atoms in total. The number of nitrogens with one attached hydrogen (secondary N) is 1. The molecule has 0 bridgehead atoms. The van der Waals surface area contributed by atoms with Crippen molar-refractivity contribution in [3.8, 4) is 5.75 Å². The summed E-state index contributed by atoms with van der Waals surface area (Å²) < 4.78 is 5.90. The molecule has 2 heterocycles. The Kier molecular flexibility index (Phi) is 5.86. The number of phenols is 1. The van der Waals surface area contributed by atoms with E-state index >= 15 is 0 Å². The Morgan fingerprint density at radius 3 is 2.30 bits per heavy atom. The van der Waals surface area contributed by atoms with Gasteiger partial charge in [0.25, 0.3) is 0 Å². The van der Waals surface area contributed by atoms with Crippen LogP contribution in [0.15, 0.2) is 89.9 Å². The van der Waals surface area contributed by atoms with Gasteiger partial charge in [0.1, 0.15) is 5.75 Å². The van der Waals surface area contributed by atoms with Crippen LogP contribution in [0.5, 0.6) is 5.75 Å². The number of carbonyl (C=O) groups excluding carboxylic acids is 2. The van der Waals surface area contributed by atoms with Crippen molar-refractivity contribution in [3.63, 3.8) is 0 Å². The molecule has 0 spiro atoms. The fraction of sp³-hybridized carbons (Fsp3) is 0.241. The number of hydrogen-bond donors (Lipinski definition) is 3. The first kappa shape index (κ1) is 23.5. The number of para-hydroxylation sites is 2. The summed E-state index contributed by atoms with van der Waals surface area (Å²) in [5.74, 6) is -1.81. The molecule has 2 fully saturated rings. The normalized spacial score (nSPS) is 25.2. The molecule has 3 aromatic carbocycles. The highest BCUT2D eigenvalue weighted by Gasteiger charge is 2.57. The SMILES string of the molecule is CC1=C2B(O)O[C@H](c3ccccc3O)C[C@H]2[C@H]2C(=O)N(c3ccc(Nc4ccccc4)cc3)C(=O)[C@H]2C1. The van der Waals surface area contributed by atoms with E-state index in [0.29, 0.717) is 29.6 Å². The smallest absolute Gasteiger partial charge is 0.487 e. The molecular formula is C29H27BN2O5. The minimum atomic E-state index is -1.19. The molecule has 186 valence electrons. The van der Waals surface area contributed by atoms with Crippen molar-refractivity contribution in [1.82, 2.24) is 0 Å². The minimum absolute atomic E-state index is 0.0795. The molecule has 4 atom stereocenters. The zero-order valence-corrected chi connectivity index (χ0v) is 20.4. The van der Waals surface area contributed by atoms with Crippen LogP contribution >= 0.6 is 0 Å². The largest absolute Gasteiger partial charge is 0.508 e. The van der Waals surface area contributed by atoms with Crippen molar-refractivity contribution in [1.29, 1.82) is 0 Å². The number of hydrogen-bond acceptors (Lipinski definition) is 6. The van der Waals surface area contributed by atoms with Crippen LogP contribution in [0.25, 0.3) is 0 Å². The second-order valence-corrected chi connectivity index (χ2v) is 10.00. The predicted molar refractivity (Wildman–Crippen MR) is 141 cm³/mol. The molecule has 6 rings (SSSR count). The van der Waals surface area contributed by atoms with Crippen molar-refractivity contribution in [3.05, 3.63) is 95.5 Å². The number of carbonyl (C=O) groups is 2. The molecule has 3 aromatic rings. The molecule has 0 unspecified atom stereocenters. The van der Waals surface area contributed by atoms with Gasteiger partial charge in [-0.15, -0.1) is 0 Å². The predicted octanol–water partition coefficient (Wildman–Crippen LogP) is 4.76. The van der Waals surface area contributed by atoms with Gasteiger partial charge >= 0.3 is 7.12 Å². The van der Waals surface area contributed by atoms with Gasteiger partial charge < -0.3 is 20.1 Å². The van der Waals surface area contributed by atoms with Crippen LogP contribution in [0.1, 0.15) is 31.4 Å². The number of imide groups is 1.